The van der Waals surface area contributed by atoms with Gasteiger partial charge in [0, 0.05) is 13.1 Å². The molecule has 0 aliphatic heterocycles. The second-order valence-electron chi connectivity index (χ2n) is 4.71. The molecule has 6 heteroatoms. The van der Waals surface area contributed by atoms with Gasteiger partial charge >= 0.3 is 29.6 Å². The van der Waals surface area contributed by atoms with Gasteiger partial charge in [0.25, 0.3) is 0 Å². The van der Waals surface area contributed by atoms with Crippen LogP contribution in [0.1, 0.15) is 41.5 Å². The normalized spacial score (nSPS) is 11.0. The van der Waals surface area contributed by atoms with E-state index in [1.807, 2.05) is 0 Å². The fraction of sp³-hybridized carbons (Fsp3) is 0.800. The van der Waals surface area contributed by atoms with Gasteiger partial charge in [-0.05, 0) is 67.7 Å². The average Bonchev–Trinajstić information content (AvgIpc) is 2.88. The van der Waals surface area contributed by atoms with Gasteiger partial charge in [0.2, 0.25) is 0 Å². The molecule has 1 aromatic rings. The van der Waals surface area contributed by atoms with Crippen LogP contribution in [0.25, 0.3) is 0 Å². The number of nitrogens with zero attached hydrogens (tertiary/aromatic N) is 3. The first kappa shape index (κ1) is 21.6. The van der Waals surface area contributed by atoms with Crippen molar-refractivity contribution in [1.29, 1.82) is 0 Å². The summed E-state index contributed by atoms with van der Waals surface area (Å²) in [5, 5.41) is 0. The second-order valence-corrected chi connectivity index (χ2v) is 7.16. The third kappa shape index (κ3) is 5.05. The number of hydrogen-bond acceptors (Lipinski definition) is 3. The Hall–Kier alpha value is 0.610. The van der Waals surface area contributed by atoms with E-state index in [-0.39, 0.29) is 29.6 Å². The van der Waals surface area contributed by atoms with Gasteiger partial charge < -0.3 is 14.7 Å². The summed E-state index contributed by atoms with van der Waals surface area (Å²) in [5.41, 5.74) is 4.57. The van der Waals surface area contributed by atoms with Crippen LogP contribution in [0.3, 0.4) is 0 Å². The molecule has 0 aliphatic carbocycles. The number of hydrogen-bond donors (Lipinski definition) is 0. The van der Waals surface area contributed by atoms with E-state index in [1.54, 1.807) is 0 Å². The van der Waals surface area contributed by atoms with E-state index in [4.69, 9.17) is 0 Å². The molecule has 1 rings (SSSR count). The SMILES string of the molecule is CCN(CC)c1pp[c-](N(CC)CC)c1N(CC)CC.[Na+]. The molecule has 1 aromatic heterocycles. The quantitative estimate of drug-likeness (QED) is 0.505. The first-order valence-electron chi connectivity index (χ1n) is 7.96. The van der Waals surface area contributed by atoms with Gasteiger partial charge in [-0.1, -0.05) is 16.5 Å². The number of anilines is 3. The van der Waals surface area contributed by atoms with Crippen molar-refractivity contribution in [3.05, 3.63) is 0 Å². The molecule has 0 aliphatic rings. The maximum atomic E-state index is 2.54. The molecule has 0 saturated carbocycles. The van der Waals surface area contributed by atoms with Gasteiger partial charge in [-0.25, -0.2) is 0 Å². The van der Waals surface area contributed by atoms with Crippen molar-refractivity contribution in [3.63, 3.8) is 0 Å². The Morgan fingerprint density at radius 2 is 1.24 bits per heavy atom. The maximum absolute atomic E-state index is 2.54. The molecule has 0 saturated heterocycles. The van der Waals surface area contributed by atoms with Crippen LogP contribution in [-0.2, 0) is 0 Å². The Morgan fingerprint density at radius 3 is 1.62 bits per heavy atom. The van der Waals surface area contributed by atoms with Gasteiger partial charge in [-0.3, -0.25) is 0 Å². The Morgan fingerprint density at radius 1 is 0.762 bits per heavy atom. The third-order valence-corrected chi connectivity index (χ3v) is 6.77. The van der Waals surface area contributed by atoms with Gasteiger partial charge in [0.1, 0.15) is 0 Å². The minimum Gasteiger partial charge on any atom is -0.443 e. The van der Waals surface area contributed by atoms with Crippen LogP contribution in [0, 0.1) is 0 Å². The first-order valence-corrected chi connectivity index (χ1v) is 10.5. The van der Waals surface area contributed by atoms with E-state index < -0.39 is 0 Å². The van der Waals surface area contributed by atoms with Gasteiger partial charge in [-0.15, -0.1) is 15.7 Å². The Kier molecular flexibility index (Phi) is 11.5. The molecule has 0 fully saturated rings. The van der Waals surface area contributed by atoms with E-state index in [1.165, 1.54) is 32.3 Å². The van der Waals surface area contributed by atoms with E-state index in [0.29, 0.717) is 0 Å². The summed E-state index contributed by atoms with van der Waals surface area (Å²) in [5.74, 6) is 0. The van der Waals surface area contributed by atoms with Gasteiger partial charge in [0.15, 0.2) is 0 Å². The molecule has 0 aromatic carbocycles. The summed E-state index contributed by atoms with van der Waals surface area (Å²) in [7, 11) is 2.90. The van der Waals surface area contributed by atoms with Crippen molar-refractivity contribution in [3.8, 4) is 0 Å². The Labute approximate surface area is 156 Å². The van der Waals surface area contributed by atoms with Gasteiger partial charge in [0.05, 0.1) is 0 Å². The minimum absolute atomic E-state index is 0. The summed E-state index contributed by atoms with van der Waals surface area (Å²) in [6, 6.07) is 0. The van der Waals surface area contributed by atoms with E-state index in [0.717, 1.165) is 39.3 Å². The topological polar surface area (TPSA) is 9.72 Å². The molecule has 3 nitrogen and oxygen atoms in total. The molecule has 0 bridgehead atoms. The van der Waals surface area contributed by atoms with Crippen molar-refractivity contribution < 1.29 is 29.6 Å². The predicted octanol–water partition coefficient (Wildman–Crippen LogP) is 2.11. The zero-order valence-corrected chi connectivity index (χ0v) is 18.8. The molecule has 0 spiro atoms. The zero-order valence-electron chi connectivity index (χ0n) is 15.0. The predicted molar refractivity (Wildman–Crippen MR) is 97.7 cm³/mol. The van der Waals surface area contributed by atoms with Crippen LogP contribution in [0.4, 0.5) is 16.5 Å². The van der Waals surface area contributed by atoms with Crippen molar-refractivity contribution in [2.45, 2.75) is 41.5 Å². The van der Waals surface area contributed by atoms with Crippen LogP contribution in [-0.4, -0.2) is 39.3 Å². The van der Waals surface area contributed by atoms with Crippen molar-refractivity contribution in [2.24, 2.45) is 0 Å². The largest absolute Gasteiger partial charge is 1.00 e. The fourth-order valence-electron chi connectivity index (χ4n) is 2.58. The second kappa shape index (κ2) is 11.2. The Balaban J connectivity index is 0.00000400. The zero-order chi connectivity index (χ0) is 15.1. The third-order valence-electron chi connectivity index (χ3n) is 3.87. The monoisotopic (exact) mass is 337 g/mol. The smallest absolute Gasteiger partial charge is 0.443 e. The van der Waals surface area contributed by atoms with Crippen molar-refractivity contribution >= 4 is 32.3 Å². The van der Waals surface area contributed by atoms with Gasteiger partial charge in [-0.2, -0.15) is 0 Å². The Bertz CT molecular complexity index is 357. The molecule has 116 valence electrons. The van der Waals surface area contributed by atoms with Crippen LogP contribution in [0.2, 0.25) is 0 Å². The first-order chi connectivity index (χ1) is 9.68. The summed E-state index contributed by atoms with van der Waals surface area (Å²) in [4.78, 5) is 7.59. The van der Waals surface area contributed by atoms with Crippen molar-refractivity contribution in [1.82, 2.24) is 0 Å². The molecule has 21 heavy (non-hydrogen) atoms. The standard InChI is InChI=1S/C15H30N3P2.Na/c1-7-16(8-2)13-14(17(9-3)10-4)19-20-15(13)18(11-5)12-6;/h7-12H2,1-6H3;/q-1;+1. The summed E-state index contributed by atoms with van der Waals surface area (Å²) >= 11 is 0. The van der Waals surface area contributed by atoms with Crippen LogP contribution in [0.15, 0.2) is 0 Å². The molecule has 0 amide bonds. The molecular weight excluding hydrogens is 307 g/mol. The minimum atomic E-state index is 0. The average molecular weight is 337 g/mol. The van der Waals surface area contributed by atoms with Crippen LogP contribution in [0.5, 0.6) is 0 Å². The summed E-state index contributed by atoms with van der Waals surface area (Å²) < 4.78 is 0. The summed E-state index contributed by atoms with van der Waals surface area (Å²) in [6.45, 7) is 20.2. The van der Waals surface area contributed by atoms with Crippen molar-refractivity contribution in [2.75, 3.05) is 54.0 Å². The molecule has 0 N–H and O–H groups in total. The molecular formula is C15H30N3NaP2. The number of rotatable bonds is 9. The molecule has 0 radical (unpaired) electrons. The van der Waals surface area contributed by atoms with E-state index in [9.17, 15) is 0 Å². The summed E-state index contributed by atoms with van der Waals surface area (Å²) in [6.07, 6.45) is 0. The molecule has 0 unspecified atom stereocenters. The van der Waals surface area contributed by atoms with Crippen LogP contribution < -0.4 is 44.3 Å². The van der Waals surface area contributed by atoms with Crippen LogP contribution >= 0.6 is 15.7 Å². The van der Waals surface area contributed by atoms with E-state index >= 15 is 0 Å². The van der Waals surface area contributed by atoms with E-state index in [2.05, 4.69) is 56.2 Å². The fourth-order valence-corrected chi connectivity index (χ4v) is 6.26. The maximum Gasteiger partial charge on any atom is 1.00 e. The molecule has 0 atom stereocenters. The molecule has 1 heterocycles.